The number of carbonyl (C=O) groups is 3. The molecule has 0 aliphatic carbocycles. The number of carboxylic acid groups (broad SMARTS) is 2. The van der Waals surface area contributed by atoms with Gasteiger partial charge in [-0.25, -0.2) is 9.59 Å². The quantitative estimate of drug-likeness (QED) is 0.425. The van der Waals surface area contributed by atoms with E-state index in [0.717, 1.165) is 29.7 Å². The molecule has 3 aromatic carbocycles. The van der Waals surface area contributed by atoms with Crippen molar-refractivity contribution in [2.75, 3.05) is 20.6 Å². The summed E-state index contributed by atoms with van der Waals surface area (Å²) in [5.41, 5.74) is 3.95. The van der Waals surface area contributed by atoms with Gasteiger partial charge in [0.2, 0.25) is 0 Å². The fourth-order valence-electron chi connectivity index (χ4n) is 3.09. The van der Waals surface area contributed by atoms with E-state index in [0.29, 0.717) is 10.6 Å². The largest absolute Gasteiger partial charge is 0.473 e. The molecule has 3 N–H and O–H groups in total. The van der Waals surface area contributed by atoms with Crippen molar-refractivity contribution in [3.05, 3.63) is 95.0 Å². The van der Waals surface area contributed by atoms with Crippen LogP contribution < -0.4 is 5.32 Å². The summed E-state index contributed by atoms with van der Waals surface area (Å²) >= 11 is 6.02. The zero-order valence-corrected chi connectivity index (χ0v) is 19.7. The summed E-state index contributed by atoms with van der Waals surface area (Å²) in [6.07, 6.45) is 0.822. The molecule has 0 spiro atoms. The third-order valence-corrected chi connectivity index (χ3v) is 5.13. The lowest BCUT2D eigenvalue weighted by Crippen LogP contribution is -2.31. The second kappa shape index (κ2) is 13.1. The highest BCUT2D eigenvalue weighted by Gasteiger charge is 2.16. The molecule has 0 saturated heterocycles. The summed E-state index contributed by atoms with van der Waals surface area (Å²) in [6, 6.07) is 25.5. The Kier molecular flexibility index (Phi) is 10.3. The van der Waals surface area contributed by atoms with E-state index in [2.05, 4.69) is 22.3 Å². The summed E-state index contributed by atoms with van der Waals surface area (Å²) in [5.74, 6) is -3.72. The fraction of sp³-hybridized carbons (Fsp3) is 0.192. The van der Waals surface area contributed by atoms with Crippen LogP contribution in [0, 0.1) is 0 Å². The average molecular weight is 483 g/mol. The second-order valence-corrected chi connectivity index (χ2v) is 8.16. The lowest BCUT2D eigenvalue weighted by Gasteiger charge is -2.21. The van der Waals surface area contributed by atoms with Crippen LogP contribution >= 0.6 is 11.6 Å². The van der Waals surface area contributed by atoms with Crippen molar-refractivity contribution in [1.29, 1.82) is 0 Å². The number of nitrogens with zero attached hydrogens (tertiary/aromatic N) is 1. The third kappa shape index (κ3) is 8.69. The van der Waals surface area contributed by atoms with Crippen LogP contribution in [0.5, 0.6) is 0 Å². The van der Waals surface area contributed by atoms with Crippen LogP contribution in [0.4, 0.5) is 0 Å². The Balaban J connectivity index is 0.000000604. The number of aliphatic carboxylic acids is 2. The van der Waals surface area contributed by atoms with E-state index in [1.165, 1.54) is 0 Å². The molecule has 0 unspecified atom stereocenters. The molecule has 8 heteroatoms. The Bertz CT molecular complexity index is 1070. The van der Waals surface area contributed by atoms with Crippen molar-refractivity contribution in [3.63, 3.8) is 0 Å². The minimum absolute atomic E-state index is 0.0685. The SMILES string of the molecule is CN(C)CC[C@H](NC(=O)c1ccc(-c2ccccc2)cc1)c1ccc(Cl)cc1.O=C(O)C(=O)O. The summed E-state index contributed by atoms with van der Waals surface area (Å²) in [6.45, 7) is 0.876. The molecule has 0 aromatic heterocycles. The predicted octanol–water partition coefficient (Wildman–Crippen LogP) is 4.59. The first-order valence-electron chi connectivity index (χ1n) is 10.5. The monoisotopic (exact) mass is 482 g/mol. The second-order valence-electron chi connectivity index (χ2n) is 7.72. The van der Waals surface area contributed by atoms with E-state index < -0.39 is 11.9 Å². The van der Waals surface area contributed by atoms with Crippen LogP contribution in [0.1, 0.15) is 28.4 Å². The van der Waals surface area contributed by atoms with Crippen LogP contribution in [0.15, 0.2) is 78.9 Å². The molecule has 3 aromatic rings. The number of halogens is 1. The lowest BCUT2D eigenvalue weighted by atomic mass is 10.0. The van der Waals surface area contributed by atoms with Gasteiger partial charge in [0.25, 0.3) is 5.91 Å². The van der Waals surface area contributed by atoms with Crippen molar-refractivity contribution in [2.24, 2.45) is 0 Å². The molecule has 3 rings (SSSR count). The maximum atomic E-state index is 12.8. The van der Waals surface area contributed by atoms with E-state index in [4.69, 9.17) is 31.4 Å². The van der Waals surface area contributed by atoms with Gasteiger partial charge >= 0.3 is 11.9 Å². The Hall–Kier alpha value is -3.68. The average Bonchev–Trinajstić information content (AvgIpc) is 2.83. The molecule has 0 saturated carbocycles. The Morgan fingerprint density at radius 3 is 1.85 bits per heavy atom. The van der Waals surface area contributed by atoms with Crippen LogP contribution in [-0.2, 0) is 9.59 Å². The van der Waals surface area contributed by atoms with Crippen molar-refractivity contribution >= 4 is 29.4 Å². The zero-order chi connectivity index (χ0) is 25.1. The highest BCUT2D eigenvalue weighted by atomic mass is 35.5. The Labute approximate surface area is 203 Å². The molecule has 1 amide bonds. The molecule has 34 heavy (non-hydrogen) atoms. The van der Waals surface area contributed by atoms with E-state index in [9.17, 15) is 4.79 Å². The van der Waals surface area contributed by atoms with Crippen LogP contribution in [0.25, 0.3) is 11.1 Å². The van der Waals surface area contributed by atoms with Gasteiger partial charge in [-0.05, 0) is 68.0 Å². The molecule has 178 valence electrons. The van der Waals surface area contributed by atoms with Gasteiger partial charge in [0.15, 0.2) is 0 Å². The topological polar surface area (TPSA) is 107 Å². The Morgan fingerprint density at radius 2 is 1.35 bits per heavy atom. The first-order valence-corrected chi connectivity index (χ1v) is 10.9. The highest BCUT2D eigenvalue weighted by Crippen LogP contribution is 2.22. The van der Waals surface area contributed by atoms with Gasteiger partial charge in [-0.2, -0.15) is 0 Å². The minimum atomic E-state index is -1.82. The lowest BCUT2D eigenvalue weighted by molar-refractivity contribution is -0.159. The molecule has 1 atom stereocenters. The number of amides is 1. The first kappa shape index (κ1) is 26.6. The smallest absolute Gasteiger partial charge is 0.414 e. The number of nitrogens with one attached hydrogen (secondary N) is 1. The van der Waals surface area contributed by atoms with E-state index in [-0.39, 0.29) is 11.9 Å². The van der Waals surface area contributed by atoms with Gasteiger partial charge < -0.3 is 20.4 Å². The number of benzene rings is 3. The zero-order valence-electron chi connectivity index (χ0n) is 18.9. The van der Waals surface area contributed by atoms with Crippen molar-refractivity contribution in [3.8, 4) is 11.1 Å². The number of hydrogen-bond donors (Lipinski definition) is 3. The molecular weight excluding hydrogens is 456 g/mol. The molecular formula is C26H27ClN2O5. The van der Waals surface area contributed by atoms with Crippen LogP contribution in [0.3, 0.4) is 0 Å². The predicted molar refractivity (Wildman–Crippen MR) is 132 cm³/mol. The molecule has 0 radical (unpaired) electrons. The molecule has 0 bridgehead atoms. The van der Waals surface area contributed by atoms with E-state index >= 15 is 0 Å². The Morgan fingerprint density at radius 1 is 0.824 bits per heavy atom. The van der Waals surface area contributed by atoms with Crippen LogP contribution in [0.2, 0.25) is 5.02 Å². The number of rotatable bonds is 7. The van der Waals surface area contributed by atoms with Gasteiger partial charge in [0.05, 0.1) is 6.04 Å². The molecule has 0 aliphatic heterocycles. The highest BCUT2D eigenvalue weighted by molar-refractivity contribution is 6.30. The van der Waals surface area contributed by atoms with Crippen molar-refractivity contribution in [2.45, 2.75) is 12.5 Å². The maximum Gasteiger partial charge on any atom is 0.414 e. The molecule has 0 fully saturated rings. The van der Waals surface area contributed by atoms with Gasteiger partial charge in [0.1, 0.15) is 0 Å². The minimum Gasteiger partial charge on any atom is -0.473 e. The van der Waals surface area contributed by atoms with Crippen LogP contribution in [-0.4, -0.2) is 53.6 Å². The standard InChI is InChI=1S/C24H25ClN2O.C2H2O4/c1-27(2)17-16-23(20-12-14-22(25)15-13-20)26-24(28)21-10-8-19(9-11-21)18-6-4-3-5-7-18;3-1(4)2(5)6/h3-15,23H,16-17H2,1-2H3,(H,26,28);(H,3,4)(H,5,6)/t23-;/m0./s1. The maximum absolute atomic E-state index is 12.8. The number of carboxylic acids is 2. The summed E-state index contributed by atoms with van der Waals surface area (Å²) in [7, 11) is 4.06. The van der Waals surface area contributed by atoms with E-state index in [1.807, 2.05) is 80.8 Å². The summed E-state index contributed by atoms with van der Waals surface area (Å²) < 4.78 is 0. The molecule has 0 aliphatic rings. The van der Waals surface area contributed by atoms with Gasteiger partial charge in [-0.15, -0.1) is 0 Å². The van der Waals surface area contributed by atoms with Crippen molar-refractivity contribution in [1.82, 2.24) is 10.2 Å². The molecule has 7 nitrogen and oxygen atoms in total. The summed E-state index contributed by atoms with van der Waals surface area (Å²) in [4.78, 5) is 33.2. The van der Waals surface area contributed by atoms with Gasteiger partial charge in [0, 0.05) is 10.6 Å². The van der Waals surface area contributed by atoms with E-state index in [1.54, 1.807) is 0 Å². The van der Waals surface area contributed by atoms with Gasteiger partial charge in [-0.1, -0.05) is 66.2 Å². The fourth-order valence-corrected chi connectivity index (χ4v) is 3.22. The van der Waals surface area contributed by atoms with Crippen molar-refractivity contribution < 1.29 is 24.6 Å². The van der Waals surface area contributed by atoms with Gasteiger partial charge in [-0.3, -0.25) is 4.79 Å². The number of hydrogen-bond acceptors (Lipinski definition) is 4. The number of carbonyl (C=O) groups excluding carboxylic acids is 1. The third-order valence-electron chi connectivity index (χ3n) is 4.88. The first-order chi connectivity index (χ1) is 16.2. The normalized spacial score (nSPS) is 11.2. The summed E-state index contributed by atoms with van der Waals surface area (Å²) in [5, 5.41) is 18.6. The molecule has 0 heterocycles.